The zero-order valence-corrected chi connectivity index (χ0v) is 12.9. The smallest absolute Gasteiger partial charge is 0.386 e. The van der Waals surface area contributed by atoms with Gasteiger partial charge in [0, 0.05) is 18.1 Å². The van der Waals surface area contributed by atoms with Gasteiger partial charge in [-0.1, -0.05) is 23.7 Å². The first kappa shape index (κ1) is 18.6. The van der Waals surface area contributed by atoms with Crippen molar-refractivity contribution in [2.24, 2.45) is 4.99 Å². The summed E-state index contributed by atoms with van der Waals surface area (Å²) in [5.41, 5.74) is 0.638. The molecule has 8 heteroatoms. The molecule has 0 aliphatic rings. The first-order valence-corrected chi connectivity index (χ1v) is 7.22. The van der Waals surface area contributed by atoms with Gasteiger partial charge in [-0.15, -0.1) is 0 Å². The van der Waals surface area contributed by atoms with Crippen molar-refractivity contribution in [1.29, 1.82) is 0 Å². The van der Waals surface area contributed by atoms with Gasteiger partial charge in [0.2, 0.25) is 0 Å². The zero-order valence-electron chi connectivity index (χ0n) is 12.1. The van der Waals surface area contributed by atoms with E-state index in [1.54, 1.807) is 31.2 Å². The number of hydrogen-bond donors (Lipinski definition) is 3. The second kappa shape index (κ2) is 8.85. The van der Waals surface area contributed by atoms with Crippen molar-refractivity contribution in [2.75, 3.05) is 19.6 Å². The minimum atomic E-state index is -4.22. The van der Waals surface area contributed by atoms with Crippen LogP contribution in [0.4, 0.5) is 13.2 Å². The summed E-state index contributed by atoms with van der Waals surface area (Å²) in [6.07, 6.45) is -6.01. The van der Waals surface area contributed by atoms with Gasteiger partial charge in [-0.2, -0.15) is 13.2 Å². The third-order valence-electron chi connectivity index (χ3n) is 2.72. The van der Waals surface area contributed by atoms with Gasteiger partial charge in [0.25, 0.3) is 0 Å². The third-order valence-corrected chi connectivity index (χ3v) is 2.97. The summed E-state index contributed by atoms with van der Waals surface area (Å²) >= 11 is 5.76. The molecule has 0 spiro atoms. The zero-order chi connectivity index (χ0) is 16.6. The molecule has 1 aromatic rings. The topological polar surface area (TPSA) is 56.7 Å². The Morgan fingerprint density at radius 3 is 2.45 bits per heavy atom. The van der Waals surface area contributed by atoms with E-state index < -0.39 is 18.7 Å². The van der Waals surface area contributed by atoms with Crippen molar-refractivity contribution in [3.05, 3.63) is 34.9 Å². The number of benzene rings is 1. The SMILES string of the molecule is CCNC(=NCC(O)c1ccc(Cl)cc1)NCCC(F)(F)F. The predicted molar refractivity (Wildman–Crippen MR) is 81.1 cm³/mol. The number of hydrogen-bond acceptors (Lipinski definition) is 2. The Hall–Kier alpha value is -1.47. The lowest BCUT2D eigenvalue weighted by Gasteiger charge is -2.14. The second-order valence-corrected chi connectivity index (χ2v) is 5.02. The van der Waals surface area contributed by atoms with E-state index in [4.69, 9.17) is 11.6 Å². The molecule has 3 N–H and O–H groups in total. The molecule has 0 radical (unpaired) electrons. The molecule has 0 bridgehead atoms. The molecule has 4 nitrogen and oxygen atoms in total. The molecule has 124 valence electrons. The summed E-state index contributed by atoms with van der Waals surface area (Å²) in [6, 6.07) is 6.65. The molecule has 1 rings (SSSR count). The molecule has 0 aliphatic heterocycles. The molecule has 0 aliphatic carbocycles. The second-order valence-electron chi connectivity index (χ2n) is 4.58. The van der Waals surface area contributed by atoms with Crippen molar-refractivity contribution in [1.82, 2.24) is 10.6 Å². The van der Waals surface area contributed by atoms with Crippen LogP contribution in [0.5, 0.6) is 0 Å². The van der Waals surface area contributed by atoms with Crippen LogP contribution < -0.4 is 10.6 Å². The number of nitrogens with one attached hydrogen (secondary N) is 2. The highest BCUT2D eigenvalue weighted by atomic mass is 35.5. The largest absolute Gasteiger partial charge is 0.390 e. The van der Waals surface area contributed by atoms with Gasteiger partial charge < -0.3 is 15.7 Å². The van der Waals surface area contributed by atoms with Crippen LogP contribution >= 0.6 is 11.6 Å². The van der Waals surface area contributed by atoms with Crippen molar-refractivity contribution in [3.63, 3.8) is 0 Å². The summed E-state index contributed by atoms with van der Waals surface area (Å²) in [7, 11) is 0. The summed E-state index contributed by atoms with van der Waals surface area (Å²) < 4.78 is 36.3. The van der Waals surface area contributed by atoms with E-state index in [2.05, 4.69) is 15.6 Å². The summed E-state index contributed by atoms with van der Waals surface area (Å²) in [5, 5.41) is 16.0. The van der Waals surface area contributed by atoms with E-state index in [0.29, 0.717) is 17.1 Å². The fourth-order valence-electron chi connectivity index (χ4n) is 1.63. The highest BCUT2D eigenvalue weighted by Crippen LogP contribution is 2.18. The van der Waals surface area contributed by atoms with Crippen LogP contribution in [0.25, 0.3) is 0 Å². The molecule has 1 aromatic carbocycles. The number of alkyl halides is 3. The molecule has 0 aromatic heterocycles. The first-order valence-electron chi connectivity index (χ1n) is 6.84. The van der Waals surface area contributed by atoms with Crippen LogP contribution in [-0.2, 0) is 0 Å². The van der Waals surface area contributed by atoms with Gasteiger partial charge in [0.05, 0.1) is 19.1 Å². The van der Waals surface area contributed by atoms with Gasteiger partial charge >= 0.3 is 6.18 Å². The maximum absolute atomic E-state index is 12.1. The normalized spacial score (nSPS) is 13.8. The molecule has 1 unspecified atom stereocenters. The summed E-state index contributed by atoms with van der Waals surface area (Å²) in [4.78, 5) is 4.08. The Kier molecular flexibility index (Phi) is 7.47. The standard InChI is InChI=1S/C14H19ClF3N3O/c1-2-19-13(20-8-7-14(16,17)18)21-9-12(22)10-3-5-11(15)6-4-10/h3-6,12,22H,2,7-9H2,1H3,(H2,19,20,21). The monoisotopic (exact) mass is 337 g/mol. The average molecular weight is 338 g/mol. The third kappa shape index (κ3) is 7.51. The Morgan fingerprint density at radius 2 is 1.91 bits per heavy atom. The lowest BCUT2D eigenvalue weighted by molar-refractivity contribution is -0.132. The molecule has 1 atom stereocenters. The fraction of sp³-hybridized carbons (Fsp3) is 0.500. The van der Waals surface area contributed by atoms with Gasteiger partial charge in [-0.25, -0.2) is 0 Å². The van der Waals surface area contributed by atoms with E-state index in [0.717, 1.165) is 0 Å². The van der Waals surface area contributed by atoms with E-state index in [9.17, 15) is 18.3 Å². The average Bonchev–Trinajstić information content (AvgIpc) is 2.44. The van der Waals surface area contributed by atoms with Crippen LogP contribution in [0.3, 0.4) is 0 Å². The highest BCUT2D eigenvalue weighted by Gasteiger charge is 2.26. The number of rotatable bonds is 6. The molecule has 0 amide bonds. The minimum absolute atomic E-state index is 0.0307. The Bertz CT molecular complexity index is 477. The predicted octanol–water partition coefficient (Wildman–Crippen LogP) is 2.88. The van der Waals surface area contributed by atoms with Crippen LogP contribution in [0, 0.1) is 0 Å². The molecule has 0 saturated heterocycles. The molecule has 22 heavy (non-hydrogen) atoms. The molecular formula is C14H19ClF3N3O. The Labute approximate surface area is 132 Å². The minimum Gasteiger partial charge on any atom is -0.386 e. The Balaban J connectivity index is 2.55. The van der Waals surface area contributed by atoms with Gasteiger partial charge in [-0.05, 0) is 24.6 Å². The van der Waals surface area contributed by atoms with Crippen molar-refractivity contribution >= 4 is 17.6 Å². The van der Waals surface area contributed by atoms with Gasteiger partial charge in [0.1, 0.15) is 0 Å². The number of aliphatic hydroxyl groups excluding tert-OH is 1. The van der Waals surface area contributed by atoms with Crippen LogP contribution in [0.2, 0.25) is 5.02 Å². The van der Waals surface area contributed by atoms with E-state index >= 15 is 0 Å². The molecule has 0 fully saturated rings. The quantitative estimate of drug-likeness (QED) is 0.552. The maximum atomic E-state index is 12.1. The van der Waals surface area contributed by atoms with Crippen LogP contribution in [-0.4, -0.2) is 36.9 Å². The number of nitrogens with zero attached hydrogens (tertiary/aromatic N) is 1. The fourth-order valence-corrected chi connectivity index (χ4v) is 1.76. The molecule has 0 saturated carbocycles. The van der Waals surface area contributed by atoms with Crippen LogP contribution in [0.15, 0.2) is 29.3 Å². The van der Waals surface area contributed by atoms with Gasteiger partial charge in [0.15, 0.2) is 5.96 Å². The summed E-state index contributed by atoms with van der Waals surface area (Å²) in [6.45, 7) is 2.07. The highest BCUT2D eigenvalue weighted by molar-refractivity contribution is 6.30. The van der Waals surface area contributed by atoms with Gasteiger partial charge in [-0.3, -0.25) is 4.99 Å². The lowest BCUT2D eigenvalue weighted by atomic mass is 10.1. The molecule has 0 heterocycles. The summed E-state index contributed by atoms with van der Waals surface area (Å²) in [5.74, 6) is 0.236. The number of guanidine groups is 1. The van der Waals surface area contributed by atoms with Crippen molar-refractivity contribution in [2.45, 2.75) is 25.6 Å². The van der Waals surface area contributed by atoms with Crippen LogP contribution in [0.1, 0.15) is 25.0 Å². The Morgan fingerprint density at radius 1 is 1.27 bits per heavy atom. The number of halogens is 4. The first-order chi connectivity index (χ1) is 10.3. The molecular weight excluding hydrogens is 319 g/mol. The lowest BCUT2D eigenvalue weighted by Crippen LogP contribution is -2.39. The number of aliphatic hydroxyl groups is 1. The van der Waals surface area contributed by atoms with E-state index in [1.165, 1.54) is 0 Å². The van der Waals surface area contributed by atoms with E-state index in [1.807, 2.05) is 0 Å². The van der Waals surface area contributed by atoms with Crippen molar-refractivity contribution < 1.29 is 18.3 Å². The maximum Gasteiger partial charge on any atom is 0.390 e. The van der Waals surface area contributed by atoms with E-state index in [-0.39, 0.29) is 19.0 Å². The number of aliphatic imine (C=N–C) groups is 1. The van der Waals surface area contributed by atoms with Crippen molar-refractivity contribution in [3.8, 4) is 0 Å².